The van der Waals surface area contributed by atoms with Crippen LogP contribution in [0.25, 0.3) is 16.6 Å². The van der Waals surface area contributed by atoms with Crippen LogP contribution in [0.15, 0.2) is 47.3 Å². The summed E-state index contributed by atoms with van der Waals surface area (Å²) >= 11 is 6.26. The number of carbonyl (C=O) groups excluding carboxylic acids is 1. The minimum atomic E-state index is -1.33. The van der Waals surface area contributed by atoms with Crippen LogP contribution in [-0.4, -0.2) is 67.7 Å². The van der Waals surface area contributed by atoms with Gasteiger partial charge in [-0.05, 0) is 49.2 Å². The van der Waals surface area contributed by atoms with Gasteiger partial charge in [0.15, 0.2) is 0 Å². The molecule has 3 N–H and O–H groups in total. The smallest absolute Gasteiger partial charge is 0.303 e. The zero-order chi connectivity index (χ0) is 31.4. The van der Waals surface area contributed by atoms with Crippen molar-refractivity contribution >= 4 is 46.4 Å². The van der Waals surface area contributed by atoms with Crippen LogP contribution in [0.5, 0.6) is 5.75 Å². The Kier molecular flexibility index (Phi) is 9.66. The van der Waals surface area contributed by atoms with Crippen LogP contribution in [0.4, 0.5) is 0 Å². The van der Waals surface area contributed by atoms with E-state index in [1.54, 1.807) is 37.3 Å². The number of carbonyl (C=O) groups is 4. The molecular weight excluding hydrogens is 588 g/mol. The van der Waals surface area contributed by atoms with Crippen LogP contribution < -0.4 is 10.3 Å². The van der Waals surface area contributed by atoms with E-state index in [2.05, 4.69) is 4.98 Å². The van der Waals surface area contributed by atoms with E-state index >= 15 is 0 Å². The number of ether oxygens (including phenoxy) is 3. The van der Waals surface area contributed by atoms with Gasteiger partial charge < -0.3 is 29.5 Å². The Hall–Kier alpha value is -4.49. The Bertz CT molecular complexity index is 1600. The first-order valence-corrected chi connectivity index (χ1v) is 13.6. The Morgan fingerprint density at radius 3 is 2.14 bits per heavy atom. The monoisotopic (exact) mass is 616 g/mol. The molecule has 2 heterocycles. The normalized spacial score (nSPS) is 21.7. The van der Waals surface area contributed by atoms with Gasteiger partial charge in [0, 0.05) is 25.2 Å². The summed E-state index contributed by atoms with van der Waals surface area (Å²) in [6, 6.07) is 11.1. The summed E-state index contributed by atoms with van der Waals surface area (Å²) in [6.07, 6.45) is -4.10. The molecule has 228 valence electrons. The molecule has 3 aromatic rings. The van der Waals surface area contributed by atoms with Gasteiger partial charge in [-0.2, -0.15) is 0 Å². The number of carboxylic acids is 3. The second-order valence-electron chi connectivity index (χ2n) is 10.2. The largest absolute Gasteiger partial charge is 0.481 e. The van der Waals surface area contributed by atoms with Crippen LogP contribution >= 0.6 is 11.6 Å². The highest BCUT2D eigenvalue weighted by Gasteiger charge is 2.49. The fraction of sp³-hybridized carbons (Fsp3) is 0.379. The zero-order valence-electron chi connectivity index (χ0n) is 23.1. The summed E-state index contributed by atoms with van der Waals surface area (Å²) in [7, 11) is 0. The molecule has 5 atom stereocenters. The fourth-order valence-electron chi connectivity index (χ4n) is 5.50. The van der Waals surface area contributed by atoms with Crippen LogP contribution in [0.1, 0.15) is 32.0 Å². The molecule has 43 heavy (non-hydrogen) atoms. The molecule has 14 heteroatoms. The second-order valence-corrected chi connectivity index (χ2v) is 10.6. The van der Waals surface area contributed by atoms with Crippen molar-refractivity contribution in [3.05, 3.63) is 63.7 Å². The zero-order valence-corrected chi connectivity index (χ0v) is 23.9. The molecule has 1 fully saturated rings. The van der Waals surface area contributed by atoms with E-state index in [1.807, 2.05) is 0 Å². The Labute approximate surface area is 249 Å². The molecule has 0 spiro atoms. The SMILES string of the molecule is CC(=O)OC[C@H]1O[C@@H](Oc2ccc(-n3c(C)nc4cccc(Cl)c4c3=O)cc2)[C@@H](CC(=O)O)[C@H](CC(=O)O)[C@@H]1CC(=O)O. The van der Waals surface area contributed by atoms with E-state index in [1.165, 1.54) is 16.7 Å². The lowest BCUT2D eigenvalue weighted by Crippen LogP contribution is -2.53. The predicted molar refractivity (Wildman–Crippen MR) is 150 cm³/mol. The Balaban J connectivity index is 1.69. The first-order chi connectivity index (χ1) is 20.3. The first kappa shape index (κ1) is 31.4. The molecule has 2 aromatic carbocycles. The predicted octanol–water partition coefficient (Wildman–Crippen LogP) is 3.29. The number of esters is 1. The van der Waals surface area contributed by atoms with Gasteiger partial charge in [0.05, 0.1) is 40.6 Å². The highest BCUT2D eigenvalue weighted by atomic mass is 35.5. The van der Waals surface area contributed by atoms with Crippen molar-refractivity contribution in [1.29, 1.82) is 0 Å². The van der Waals surface area contributed by atoms with Crippen LogP contribution in [0.3, 0.4) is 0 Å². The van der Waals surface area contributed by atoms with Gasteiger partial charge in [-0.15, -0.1) is 0 Å². The molecule has 0 unspecified atom stereocenters. The Morgan fingerprint density at radius 2 is 1.53 bits per heavy atom. The number of carboxylic acid groups (broad SMARTS) is 3. The van der Waals surface area contributed by atoms with Crippen LogP contribution in [0.2, 0.25) is 5.02 Å². The lowest BCUT2D eigenvalue weighted by molar-refractivity contribution is -0.237. The van der Waals surface area contributed by atoms with Gasteiger partial charge in [0.25, 0.3) is 5.56 Å². The summed E-state index contributed by atoms with van der Waals surface area (Å²) in [5.74, 6) is -6.91. The molecule has 0 saturated carbocycles. The van der Waals surface area contributed by atoms with E-state index < -0.39 is 73.3 Å². The molecule has 0 bridgehead atoms. The van der Waals surface area contributed by atoms with Crippen molar-refractivity contribution in [2.75, 3.05) is 6.61 Å². The van der Waals surface area contributed by atoms with Gasteiger partial charge in [0.1, 0.15) is 18.2 Å². The summed E-state index contributed by atoms with van der Waals surface area (Å²) in [5.41, 5.74) is 0.507. The number of fused-ring (bicyclic) bond motifs is 1. The van der Waals surface area contributed by atoms with Gasteiger partial charge >= 0.3 is 23.9 Å². The Morgan fingerprint density at radius 1 is 0.930 bits per heavy atom. The lowest BCUT2D eigenvalue weighted by atomic mass is 9.71. The molecule has 1 aromatic heterocycles. The maximum atomic E-state index is 13.3. The first-order valence-electron chi connectivity index (χ1n) is 13.2. The van der Waals surface area contributed by atoms with Gasteiger partial charge in [-0.25, -0.2) is 4.98 Å². The second kappa shape index (κ2) is 13.2. The topological polar surface area (TPSA) is 192 Å². The van der Waals surface area contributed by atoms with Crippen molar-refractivity contribution in [2.24, 2.45) is 17.8 Å². The van der Waals surface area contributed by atoms with Gasteiger partial charge in [-0.3, -0.25) is 28.5 Å². The molecule has 0 radical (unpaired) electrons. The van der Waals surface area contributed by atoms with Crippen molar-refractivity contribution in [3.63, 3.8) is 0 Å². The quantitative estimate of drug-likeness (QED) is 0.267. The third-order valence-electron chi connectivity index (χ3n) is 7.28. The molecule has 4 rings (SSSR count). The summed E-state index contributed by atoms with van der Waals surface area (Å²) < 4.78 is 18.5. The number of rotatable bonds is 11. The molecule has 0 amide bonds. The molecule has 1 aliphatic heterocycles. The summed E-state index contributed by atoms with van der Waals surface area (Å²) in [5, 5.41) is 29.3. The third-order valence-corrected chi connectivity index (χ3v) is 7.59. The van der Waals surface area contributed by atoms with Crippen molar-refractivity contribution in [2.45, 2.75) is 45.5 Å². The number of halogens is 1. The molecule has 1 saturated heterocycles. The average molecular weight is 617 g/mol. The average Bonchev–Trinajstić information content (AvgIpc) is 2.91. The maximum Gasteiger partial charge on any atom is 0.303 e. The lowest BCUT2D eigenvalue weighted by Gasteiger charge is -2.45. The van der Waals surface area contributed by atoms with Gasteiger partial charge in [0.2, 0.25) is 6.29 Å². The molecule has 1 aliphatic rings. The van der Waals surface area contributed by atoms with E-state index in [9.17, 15) is 39.3 Å². The number of hydrogen-bond donors (Lipinski definition) is 3. The van der Waals surface area contributed by atoms with E-state index in [0.717, 1.165) is 6.92 Å². The van der Waals surface area contributed by atoms with E-state index in [-0.39, 0.29) is 28.3 Å². The number of nitrogens with zero attached hydrogens (tertiary/aromatic N) is 2. The third kappa shape index (κ3) is 7.30. The molecule has 0 aliphatic carbocycles. The number of aromatic nitrogens is 2. The van der Waals surface area contributed by atoms with Crippen molar-refractivity contribution in [3.8, 4) is 11.4 Å². The number of aliphatic carboxylic acids is 3. The highest BCUT2D eigenvalue weighted by Crippen LogP contribution is 2.42. The summed E-state index contributed by atoms with van der Waals surface area (Å²) in [4.78, 5) is 64.6. The highest BCUT2D eigenvalue weighted by molar-refractivity contribution is 6.35. The standard InChI is InChI=1S/C29H29ClN2O11/c1-14-31-22-5-3-4-21(30)27(22)28(40)32(14)16-6-8-17(9-7-16)42-29-20(12-26(38)39)18(10-24(34)35)19(11-25(36)37)23(43-29)13-41-15(2)33/h3-9,18-20,23,29H,10-13H2,1-2H3,(H,34,35)(H,36,37)(H,38,39)/t18-,19+,20+,23-,29-/m1/s1. The minimum absolute atomic E-state index is 0.193. The molecular formula is C29H29ClN2O11. The minimum Gasteiger partial charge on any atom is -0.481 e. The van der Waals surface area contributed by atoms with Crippen LogP contribution in [0, 0.1) is 24.7 Å². The van der Waals surface area contributed by atoms with Gasteiger partial charge in [-0.1, -0.05) is 17.7 Å². The summed E-state index contributed by atoms with van der Waals surface area (Å²) in [6.45, 7) is 2.43. The van der Waals surface area contributed by atoms with Crippen LogP contribution in [-0.2, 0) is 28.7 Å². The number of hydrogen-bond acceptors (Lipinski definition) is 9. The van der Waals surface area contributed by atoms with Crippen molar-refractivity contribution < 1.29 is 48.7 Å². The van der Waals surface area contributed by atoms with Crippen molar-refractivity contribution in [1.82, 2.24) is 9.55 Å². The number of benzene rings is 2. The number of aryl methyl sites for hydroxylation is 1. The maximum absolute atomic E-state index is 13.3. The fourth-order valence-corrected chi connectivity index (χ4v) is 5.75. The van der Waals surface area contributed by atoms with E-state index in [4.69, 9.17) is 25.8 Å². The molecule has 13 nitrogen and oxygen atoms in total. The van der Waals surface area contributed by atoms with E-state index in [0.29, 0.717) is 17.0 Å².